The molecule has 1 aliphatic rings. The topological polar surface area (TPSA) is 33.0 Å². The number of hydrogen-bond donors (Lipinski definition) is 0. The number of rotatable bonds is 4. The van der Waals surface area contributed by atoms with Crippen LogP contribution in [0.2, 0.25) is 19.1 Å². The molecule has 1 rings (SSSR count). The van der Waals surface area contributed by atoms with Gasteiger partial charge in [-0.25, -0.2) is 0 Å². The summed E-state index contributed by atoms with van der Waals surface area (Å²) in [5.41, 5.74) is 0.340. The highest BCUT2D eigenvalue weighted by Gasteiger charge is 2.35. The smallest absolute Gasteiger partial charge is 0.187 e. The number of nitriles is 1. The van der Waals surface area contributed by atoms with Crippen molar-refractivity contribution in [2.24, 2.45) is 11.3 Å². The molecule has 0 saturated heterocycles. The van der Waals surface area contributed by atoms with Gasteiger partial charge in [0.25, 0.3) is 0 Å². The predicted octanol–water partition coefficient (Wildman–Crippen LogP) is 4.50. The third kappa shape index (κ3) is 5.37. The lowest BCUT2D eigenvalue weighted by Crippen LogP contribution is -2.39. The second-order valence-electron chi connectivity index (χ2n) is 7.24. The molecule has 0 bridgehead atoms. The van der Waals surface area contributed by atoms with E-state index in [0.717, 1.165) is 6.42 Å². The fourth-order valence-corrected chi connectivity index (χ4v) is 6.97. The van der Waals surface area contributed by atoms with E-state index in [4.69, 9.17) is 9.69 Å². The minimum atomic E-state index is -1.60. The Labute approximate surface area is 113 Å². The maximum absolute atomic E-state index is 8.63. The molecule has 0 radical (unpaired) electrons. The molecule has 2 nitrogen and oxygen atoms in total. The van der Waals surface area contributed by atoms with Gasteiger partial charge in [-0.15, -0.1) is 0 Å². The van der Waals surface area contributed by atoms with E-state index in [2.05, 4.69) is 39.9 Å². The Morgan fingerprint density at radius 3 is 2.56 bits per heavy atom. The molecule has 0 N–H and O–H groups in total. The zero-order valence-electron chi connectivity index (χ0n) is 12.5. The molecule has 0 aromatic carbocycles. The van der Waals surface area contributed by atoms with Crippen molar-refractivity contribution in [1.82, 2.24) is 0 Å². The Morgan fingerprint density at radius 1 is 1.33 bits per heavy atom. The van der Waals surface area contributed by atoms with E-state index < -0.39 is 8.32 Å². The highest BCUT2D eigenvalue weighted by molar-refractivity contribution is 6.71. The average molecular weight is 265 g/mol. The molecule has 2 atom stereocenters. The second-order valence-corrected chi connectivity index (χ2v) is 11.3. The minimum Gasteiger partial charge on any atom is -0.414 e. The van der Waals surface area contributed by atoms with Crippen LogP contribution in [-0.2, 0) is 4.43 Å². The lowest BCUT2D eigenvalue weighted by molar-refractivity contribution is 0.164. The fourth-order valence-electron chi connectivity index (χ4n) is 3.22. The van der Waals surface area contributed by atoms with Crippen molar-refractivity contribution in [2.45, 2.75) is 65.3 Å². The van der Waals surface area contributed by atoms with Gasteiger partial charge in [-0.3, -0.25) is 0 Å². The van der Waals surface area contributed by atoms with Crippen LogP contribution in [0.5, 0.6) is 0 Å². The van der Waals surface area contributed by atoms with Gasteiger partial charge in [-0.2, -0.15) is 5.26 Å². The fraction of sp³-hybridized carbons (Fsp3) is 0.800. The standard InChI is InChI=1S/C15H27NOSi/c1-15(2,3)12-18(4,5)17-14-10-6-8-13(14)9-7-11-16/h7,9,13-14H,6,8,10,12H2,1-5H3/b9-7+/t13-,14-/m1/s1. The zero-order valence-corrected chi connectivity index (χ0v) is 13.5. The van der Waals surface area contributed by atoms with Crippen molar-refractivity contribution in [2.75, 3.05) is 0 Å². The van der Waals surface area contributed by atoms with Crippen molar-refractivity contribution >= 4 is 8.32 Å². The molecule has 0 aromatic heterocycles. The van der Waals surface area contributed by atoms with Crippen LogP contribution >= 0.6 is 0 Å². The summed E-state index contributed by atoms with van der Waals surface area (Å²) >= 11 is 0. The molecule has 1 fully saturated rings. The van der Waals surface area contributed by atoms with Crippen LogP contribution in [0, 0.1) is 22.7 Å². The average Bonchev–Trinajstić information content (AvgIpc) is 2.57. The molecule has 0 heterocycles. The first-order valence-electron chi connectivity index (χ1n) is 6.98. The molecule has 102 valence electrons. The van der Waals surface area contributed by atoms with E-state index in [1.807, 2.05) is 6.08 Å². The van der Waals surface area contributed by atoms with Crippen LogP contribution in [0.25, 0.3) is 0 Å². The predicted molar refractivity (Wildman–Crippen MR) is 78.7 cm³/mol. The van der Waals surface area contributed by atoms with Gasteiger partial charge in [-0.05, 0) is 37.4 Å². The summed E-state index contributed by atoms with van der Waals surface area (Å²) in [5.74, 6) is 0.455. The lowest BCUT2D eigenvalue weighted by atomic mass is 10.0. The zero-order chi connectivity index (χ0) is 13.8. The molecule has 0 unspecified atom stereocenters. The summed E-state index contributed by atoms with van der Waals surface area (Å²) in [6.07, 6.45) is 7.55. The first-order chi connectivity index (χ1) is 8.23. The van der Waals surface area contributed by atoms with E-state index in [0.29, 0.717) is 17.4 Å². The van der Waals surface area contributed by atoms with Crippen LogP contribution < -0.4 is 0 Å². The van der Waals surface area contributed by atoms with Crippen molar-refractivity contribution < 1.29 is 4.43 Å². The highest BCUT2D eigenvalue weighted by atomic mass is 28.4. The van der Waals surface area contributed by atoms with Crippen LogP contribution in [0.4, 0.5) is 0 Å². The molecule has 1 saturated carbocycles. The normalized spacial score (nSPS) is 25.6. The Morgan fingerprint density at radius 2 is 2.00 bits per heavy atom. The SMILES string of the molecule is CC(C)(C)C[Si](C)(C)O[C@@H]1CCC[C@@H]1/C=C/C#N. The maximum Gasteiger partial charge on any atom is 0.187 e. The first-order valence-corrected chi connectivity index (χ1v) is 10.1. The molecule has 1 aliphatic carbocycles. The van der Waals surface area contributed by atoms with Crippen molar-refractivity contribution in [3.8, 4) is 6.07 Å². The van der Waals surface area contributed by atoms with Gasteiger partial charge in [0, 0.05) is 12.0 Å². The number of allylic oxidation sites excluding steroid dienone is 1. The van der Waals surface area contributed by atoms with E-state index in [1.54, 1.807) is 6.08 Å². The molecular weight excluding hydrogens is 238 g/mol. The van der Waals surface area contributed by atoms with Crippen LogP contribution in [0.3, 0.4) is 0 Å². The van der Waals surface area contributed by atoms with Crippen LogP contribution in [0.15, 0.2) is 12.2 Å². The Bertz CT molecular complexity index is 335. The third-order valence-corrected chi connectivity index (χ3v) is 6.20. The minimum absolute atomic E-state index is 0.340. The lowest BCUT2D eigenvalue weighted by Gasteiger charge is -2.34. The van der Waals surface area contributed by atoms with Gasteiger partial charge in [0.05, 0.1) is 12.2 Å². The molecule has 0 spiro atoms. The Kier molecular flexibility index (Phi) is 5.18. The Hall–Kier alpha value is -0.593. The molecule has 18 heavy (non-hydrogen) atoms. The second kappa shape index (κ2) is 6.03. The summed E-state index contributed by atoms with van der Waals surface area (Å²) in [4.78, 5) is 0. The third-order valence-electron chi connectivity index (χ3n) is 3.35. The quantitative estimate of drug-likeness (QED) is 0.554. The van der Waals surface area contributed by atoms with E-state index >= 15 is 0 Å². The summed E-state index contributed by atoms with van der Waals surface area (Å²) in [6, 6.07) is 3.28. The van der Waals surface area contributed by atoms with Crippen molar-refractivity contribution in [3.05, 3.63) is 12.2 Å². The van der Waals surface area contributed by atoms with Gasteiger partial charge < -0.3 is 4.43 Å². The number of nitrogens with zero attached hydrogens (tertiary/aromatic N) is 1. The highest BCUT2D eigenvalue weighted by Crippen LogP contribution is 2.35. The number of hydrogen-bond acceptors (Lipinski definition) is 2. The first kappa shape index (κ1) is 15.5. The van der Waals surface area contributed by atoms with Crippen LogP contribution in [0.1, 0.15) is 40.0 Å². The summed E-state index contributed by atoms with van der Waals surface area (Å²) in [5, 5.41) is 8.63. The van der Waals surface area contributed by atoms with Gasteiger partial charge in [0.15, 0.2) is 8.32 Å². The van der Waals surface area contributed by atoms with Gasteiger partial charge in [0.1, 0.15) is 0 Å². The van der Waals surface area contributed by atoms with Gasteiger partial charge in [0.2, 0.25) is 0 Å². The van der Waals surface area contributed by atoms with Gasteiger partial charge in [-0.1, -0.05) is 33.3 Å². The maximum atomic E-state index is 8.63. The van der Waals surface area contributed by atoms with E-state index in [1.165, 1.54) is 18.9 Å². The largest absolute Gasteiger partial charge is 0.414 e. The van der Waals surface area contributed by atoms with E-state index in [9.17, 15) is 0 Å². The summed E-state index contributed by atoms with van der Waals surface area (Å²) in [6.45, 7) is 11.5. The van der Waals surface area contributed by atoms with Crippen LogP contribution in [-0.4, -0.2) is 14.4 Å². The molecular formula is C15H27NOSi. The monoisotopic (exact) mass is 265 g/mol. The molecule has 0 aliphatic heterocycles. The molecule has 0 aromatic rings. The van der Waals surface area contributed by atoms with E-state index in [-0.39, 0.29) is 0 Å². The molecule has 0 amide bonds. The summed E-state index contributed by atoms with van der Waals surface area (Å²) in [7, 11) is -1.60. The van der Waals surface area contributed by atoms with Crippen molar-refractivity contribution in [3.63, 3.8) is 0 Å². The Balaban J connectivity index is 2.60. The molecule has 3 heteroatoms. The van der Waals surface area contributed by atoms with Gasteiger partial charge >= 0.3 is 0 Å². The summed E-state index contributed by atoms with van der Waals surface area (Å²) < 4.78 is 6.46. The van der Waals surface area contributed by atoms with Crippen molar-refractivity contribution in [1.29, 1.82) is 5.26 Å².